The normalized spacial score (nSPS) is 8.87. The molecule has 0 aromatic heterocycles. The molecule has 0 saturated heterocycles. The summed E-state index contributed by atoms with van der Waals surface area (Å²) in [5.41, 5.74) is 0.293. The summed E-state index contributed by atoms with van der Waals surface area (Å²) >= 11 is 0. The monoisotopic (exact) mass is 203 g/mol. The first-order valence-corrected chi connectivity index (χ1v) is 4.71. The van der Waals surface area contributed by atoms with Crippen molar-refractivity contribution in [3.63, 3.8) is 0 Å². The van der Waals surface area contributed by atoms with E-state index in [4.69, 9.17) is 0 Å². The predicted molar refractivity (Wildman–Crippen MR) is 58.5 cm³/mol. The lowest BCUT2D eigenvalue weighted by Gasteiger charge is -2.04. The van der Waals surface area contributed by atoms with E-state index in [1.165, 1.54) is 6.07 Å². The summed E-state index contributed by atoms with van der Waals surface area (Å²) in [5, 5.41) is 12.1. The molecule has 0 heterocycles. The number of nitrogens with one attached hydrogen (secondary N) is 1. The molecule has 15 heavy (non-hydrogen) atoms. The van der Waals surface area contributed by atoms with Gasteiger partial charge in [0.2, 0.25) is 0 Å². The zero-order chi connectivity index (χ0) is 11.1. The topological polar surface area (TPSA) is 49.3 Å². The van der Waals surface area contributed by atoms with Crippen molar-refractivity contribution in [3.05, 3.63) is 29.8 Å². The zero-order valence-corrected chi connectivity index (χ0v) is 8.58. The van der Waals surface area contributed by atoms with Gasteiger partial charge in [0.25, 0.3) is 5.91 Å². The van der Waals surface area contributed by atoms with E-state index in [0.717, 1.165) is 0 Å². The summed E-state index contributed by atoms with van der Waals surface area (Å²) in [6.45, 7) is 2.25. The van der Waals surface area contributed by atoms with Gasteiger partial charge in [-0.1, -0.05) is 12.1 Å². The van der Waals surface area contributed by atoms with E-state index < -0.39 is 0 Å². The van der Waals surface area contributed by atoms with Crippen molar-refractivity contribution in [2.24, 2.45) is 0 Å². The average molecular weight is 203 g/mol. The van der Waals surface area contributed by atoms with Gasteiger partial charge in [-0.15, -0.1) is 11.8 Å². The fourth-order valence-corrected chi connectivity index (χ4v) is 1.12. The number of hydrogen-bond acceptors (Lipinski definition) is 2. The fourth-order valence-electron chi connectivity index (χ4n) is 1.12. The number of phenols is 1. The molecule has 0 aliphatic heterocycles. The third-order valence-corrected chi connectivity index (χ3v) is 1.86. The van der Waals surface area contributed by atoms with Crippen LogP contribution in [0.25, 0.3) is 0 Å². The Balaban J connectivity index is 2.53. The lowest BCUT2D eigenvalue weighted by atomic mass is 10.2. The molecule has 0 aliphatic rings. The summed E-state index contributed by atoms with van der Waals surface area (Å²) in [6.07, 6.45) is 0.621. The maximum absolute atomic E-state index is 11.5. The average Bonchev–Trinajstić information content (AvgIpc) is 2.25. The van der Waals surface area contributed by atoms with Gasteiger partial charge >= 0.3 is 0 Å². The molecule has 2 N–H and O–H groups in total. The van der Waals surface area contributed by atoms with Crippen molar-refractivity contribution >= 4 is 5.91 Å². The van der Waals surface area contributed by atoms with Crippen molar-refractivity contribution < 1.29 is 9.90 Å². The highest BCUT2D eigenvalue weighted by molar-refractivity contribution is 5.96. The lowest BCUT2D eigenvalue weighted by molar-refractivity contribution is 0.0952. The number of phenolic OH excluding ortho intramolecular Hbond substituents is 1. The third-order valence-electron chi connectivity index (χ3n) is 1.86. The van der Waals surface area contributed by atoms with Crippen LogP contribution in [0.3, 0.4) is 0 Å². The van der Waals surface area contributed by atoms with Gasteiger partial charge in [0.05, 0.1) is 5.56 Å². The van der Waals surface area contributed by atoms with Crippen LogP contribution < -0.4 is 5.32 Å². The summed E-state index contributed by atoms with van der Waals surface area (Å²) in [6, 6.07) is 6.45. The standard InChI is InChI=1S/C12H13NO2/c1-2-3-6-9-13-12(15)10-7-4-5-8-11(10)14/h4-5,7-8,14H,6,9H2,1H3,(H,13,15). The lowest BCUT2D eigenvalue weighted by Crippen LogP contribution is -2.24. The molecule has 0 radical (unpaired) electrons. The molecule has 0 spiro atoms. The van der Waals surface area contributed by atoms with Gasteiger partial charge in [-0.3, -0.25) is 4.79 Å². The van der Waals surface area contributed by atoms with E-state index in [9.17, 15) is 9.90 Å². The van der Waals surface area contributed by atoms with E-state index >= 15 is 0 Å². The Morgan fingerprint density at radius 1 is 1.47 bits per heavy atom. The number of aromatic hydroxyl groups is 1. The van der Waals surface area contributed by atoms with Gasteiger partial charge in [-0.25, -0.2) is 0 Å². The Bertz CT molecular complexity index is 402. The van der Waals surface area contributed by atoms with Crippen LogP contribution in [0, 0.1) is 11.8 Å². The molecule has 0 atom stereocenters. The first-order valence-electron chi connectivity index (χ1n) is 4.71. The summed E-state index contributed by atoms with van der Waals surface area (Å²) in [5.74, 6) is 5.31. The van der Waals surface area contributed by atoms with E-state index in [1.807, 2.05) is 0 Å². The second-order valence-electron chi connectivity index (χ2n) is 2.95. The highest BCUT2D eigenvalue weighted by Crippen LogP contribution is 2.14. The molecule has 0 saturated carbocycles. The van der Waals surface area contributed by atoms with E-state index in [0.29, 0.717) is 18.5 Å². The molecule has 0 bridgehead atoms. The molecule has 0 unspecified atom stereocenters. The maximum atomic E-state index is 11.5. The van der Waals surface area contributed by atoms with Crippen molar-refractivity contribution in [1.82, 2.24) is 5.32 Å². The van der Waals surface area contributed by atoms with Gasteiger partial charge in [0, 0.05) is 13.0 Å². The molecule has 1 aromatic carbocycles. The van der Waals surface area contributed by atoms with Crippen LogP contribution in [0.5, 0.6) is 5.75 Å². The van der Waals surface area contributed by atoms with Crippen LogP contribution in [0.2, 0.25) is 0 Å². The van der Waals surface area contributed by atoms with E-state index in [1.54, 1.807) is 25.1 Å². The molecule has 0 fully saturated rings. The van der Waals surface area contributed by atoms with Crippen LogP contribution in [-0.4, -0.2) is 17.6 Å². The molecular formula is C12H13NO2. The van der Waals surface area contributed by atoms with Gasteiger partial charge < -0.3 is 10.4 Å². The highest BCUT2D eigenvalue weighted by Gasteiger charge is 2.08. The third kappa shape index (κ3) is 3.35. The number of amides is 1. The number of rotatable bonds is 3. The minimum Gasteiger partial charge on any atom is -0.507 e. The number of benzene rings is 1. The largest absolute Gasteiger partial charge is 0.507 e. The summed E-state index contributed by atoms with van der Waals surface area (Å²) in [4.78, 5) is 11.5. The van der Waals surface area contributed by atoms with Crippen LogP contribution in [0.4, 0.5) is 0 Å². The molecule has 1 amide bonds. The maximum Gasteiger partial charge on any atom is 0.255 e. The second-order valence-corrected chi connectivity index (χ2v) is 2.95. The van der Waals surface area contributed by atoms with Crippen LogP contribution in [-0.2, 0) is 0 Å². The van der Waals surface area contributed by atoms with Crippen LogP contribution in [0.15, 0.2) is 24.3 Å². The molecule has 1 aromatic rings. The van der Waals surface area contributed by atoms with Gasteiger partial charge in [-0.05, 0) is 19.1 Å². The minimum atomic E-state index is -0.272. The molecule has 1 rings (SSSR count). The minimum absolute atomic E-state index is 0.00317. The zero-order valence-electron chi connectivity index (χ0n) is 8.58. The van der Waals surface area contributed by atoms with Crippen molar-refractivity contribution in [2.75, 3.05) is 6.54 Å². The number of carbonyl (C=O) groups is 1. The van der Waals surface area contributed by atoms with Crippen LogP contribution in [0.1, 0.15) is 23.7 Å². The summed E-state index contributed by atoms with van der Waals surface area (Å²) in [7, 11) is 0. The number of hydrogen-bond donors (Lipinski definition) is 2. The molecule has 78 valence electrons. The molecule has 3 heteroatoms. The number of para-hydroxylation sites is 1. The molecule has 3 nitrogen and oxygen atoms in total. The van der Waals surface area contributed by atoms with E-state index in [-0.39, 0.29) is 11.7 Å². The Morgan fingerprint density at radius 3 is 2.87 bits per heavy atom. The van der Waals surface area contributed by atoms with Gasteiger partial charge in [-0.2, -0.15) is 0 Å². The van der Waals surface area contributed by atoms with Crippen molar-refractivity contribution in [2.45, 2.75) is 13.3 Å². The van der Waals surface area contributed by atoms with Gasteiger partial charge in [0.15, 0.2) is 0 Å². The van der Waals surface area contributed by atoms with Crippen molar-refractivity contribution in [1.29, 1.82) is 0 Å². The smallest absolute Gasteiger partial charge is 0.255 e. The van der Waals surface area contributed by atoms with Gasteiger partial charge in [0.1, 0.15) is 5.75 Å². The Hall–Kier alpha value is -1.95. The first kappa shape index (κ1) is 11.1. The Morgan fingerprint density at radius 2 is 2.20 bits per heavy atom. The second kappa shape index (κ2) is 5.71. The molecular weight excluding hydrogens is 190 g/mol. The van der Waals surface area contributed by atoms with E-state index in [2.05, 4.69) is 17.2 Å². The first-order chi connectivity index (χ1) is 7.25. The molecule has 0 aliphatic carbocycles. The fraction of sp³-hybridized carbons (Fsp3) is 0.250. The predicted octanol–water partition coefficient (Wildman–Crippen LogP) is 1.54. The Labute approximate surface area is 89.1 Å². The highest BCUT2D eigenvalue weighted by atomic mass is 16.3. The van der Waals surface area contributed by atoms with Crippen molar-refractivity contribution in [3.8, 4) is 17.6 Å². The number of carbonyl (C=O) groups excluding carboxylic acids is 1. The van der Waals surface area contributed by atoms with Crippen LogP contribution >= 0.6 is 0 Å². The SMILES string of the molecule is CC#CCCNC(=O)c1ccccc1O. The summed E-state index contributed by atoms with van der Waals surface area (Å²) < 4.78 is 0. The Kier molecular flexibility index (Phi) is 4.24. The quantitative estimate of drug-likeness (QED) is 0.578.